The largest absolute Gasteiger partial charge is 0.342 e. The molecule has 2 atom stereocenters. The summed E-state index contributed by atoms with van der Waals surface area (Å²) in [7, 11) is 2.10. The van der Waals surface area contributed by atoms with E-state index in [4.69, 9.17) is 0 Å². The van der Waals surface area contributed by atoms with E-state index in [-0.39, 0.29) is 5.92 Å². The number of amides is 1. The van der Waals surface area contributed by atoms with Crippen LogP contribution >= 0.6 is 0 Å². The highest BCUT2D eigenvalue weighted by molar-refractivity contribution is 5.80. The Morgan fingerprint density at radius 3 is 2.75 bits per heavy atom. The van der Waals surface area contributed by atoms with Crippen LogP contribution in [0, 0.1) is 5.92 Å². The Hall–Kier alpha value is -1.42. The van der Waals surface area contributed by atoms with Crippen molar-refractivity contribution in [3.8, 4) is 0 Å². The molecule has 0 N–H and O–H groups in total. The fraction of sp³-hybridized carbons (Fsp3) is 0.625. The molecular formula is C16H23N3O. The van der Waals surface area contributed by atoms with Crippen LogP contribution in [0.5, 0.6) is 0 Å². The van der Waals surface area contributed by atoms with E-state index in [1.807, 2.05) is 12.3 Å². The normalized spacial score (nSPS) is 27.8. The lowest BCUT2D eigenvalue weighted by atomic mass is 9.88. The van der Waals surface area contributed by atoms with E-state index in [2.05, 4.69) is 27.9 Å². The third-order valence-electron chi connectivity index (χ3n) is 4.60. The monoisotopic (exact) mass is 273 g/mol. The number of carbonyl (C=O) groups is 1. The van der Waals surface area contributed by atoms with Gasteiger partial charge >= 0.3 is 0 Å². The number of carbonyl (C=O) groups excluding carboxylic acids is 1. The zero-order chi connectivity index (χ0) is 13.9. The fourth-order valence-electron chi connectivity index (χ4n) is 3.53. The van der Waals surface area contributed by atoms with Gasteiger partial charge in [0.1, 0.15) is 0 Å². The van der Waals surface area contributed by atoms with Crippen LogP contribution in [0.15, 0.2) is 24.5 Å². The van der Waals surface area contributed by atoms with Crippen LogP contribution in [0.4, 0.5) is 0 Å². The molecule has 1 aromatic heterocycles. The van der Waals surface area contributed by atoms with Gasteiger partial charge < -0.3 is 9.80 Å². The fourth-order valence-corrected chi connectivity index (χ4v) is 3.53. The van der Waals surface area contributed by atoms with E-state index in [0.29, 0.717) is 11.8 Å². The Morgan fingerprint density at radius 2 is 2.05 bits per heavy atom. The summed E-state index contributed by atoms with van der Waals surface area (Å²) >= 11 is 0. The lowest BCUT2D eigenvalue weighted by molar-refractivity contribution is -0.136. The number of nitrogens with zero attached hydrogens (tertiary/aromatic N) is 3. The van der Waals surface area contributed by atoms with Crippen LogP contribution in [-0.4, -0.2) is 53.9 Å². The van der Waals surface area contributed by atoms with Gasteiger partial charge in [-0.1, -0.05) is 6.07 Å². The number of pyridine rings is 1. The van der Waals surface area contributed by atoms with Crippen molar-refractivity contribution in [1.82, 2.24) is 14.8 Å². The summed E-state index contributed by atoms with van der Waals surface area (Å²) in [6.45, 7) is 3.71. The lowest BCUT2D eigenvalue weighted by Gasteiger charge is -2.31. The van der Waals surface area contributed by atoms with Crippen molar-refractivity contribution >= 4 is 5.91 Å². The molecule has 4 heteroatoms. The molecule has 1 aromatic rings. The Morgan fingerprint density at radius 1 is 1.25 bits per heavy atom. The molecule has 108 valence electrons. The van der Waals surface area contributed by atoms with Gasteiger partial charge in [0.05, 0.1) is 5.92 Å². The van der Waals surface area contributed by atoms with Gasteiger partial charge in [0.2, 0.25) is 5.91 Å². The first-order valence-electron chi connectivity index (χ1n) is 7.63. The van der Waals surface area contributed by atoms with Crippen molar-refractivity contribution < 1.29 is 4.79 Å². The van der Waals surface area contributed by atoms with E-state index in [1.165, 1.54) is 12.0 Å². The third-order valence-corrected chi connectivity index (χ3v) is 4.60. The topological polar surface area (TPSA) is 36.4 Å². The molecule has 0 radical (unpaired) electrons. The highest BCUT2D eigenvalue weighted by Gasteiger charge is 2.39. The number of likely N-dealkylation sites (N-methyl/N-ethyl adjacent to an activating group) is 1. The first kappa shape index (κ1) is 13.6. The second-order valence-electron chi connectivity index (χ2n) is 6.11. The van der Waals surface area contributed by atoms with Gasteiger partial charge in [0.15, 0.2) is 0 Å². The van der Waals surface area contributed by atoms with Crippen LogP contribution in [-0.2, 0) is 4.79 Å². The summed E-state index contributed by atoms with van der Waals surface area (Å²) in [5, 5.41) is 0. The second kappa shape index (κ2) is 5.92. The van der Waals surface area contributed by atoms with E-state index in [1.54, 1.807) is 6.20 Å². The van der Waals surface area contributed by atoms with Gasteiger partial charge in [-0.05, 0) is 37.9 Å². The molecular weight excluding hydrogens is 250 g/mol. The molecule has 3 heterocycles. The van der Waals surface area contributed by atoms with Crippen molar-refractivity contribution in [1.29, 1.82) is 0 Å². The maximum atomic E-state index is 12.8. The van der Waals surface area contributed by atoms with E-state index in [0.717, 1.165) is 39.0 Å². The van der Waals surface area contributed by atoms with Crippen LogP contribution < -0.4 is 0 Å². The molecule has 0 aromatic carbocycles. The molecule has 3 rings (SSSR count). The molecule has 2 aliphatic heterocycles. The number of likely N-dealkylation sites (tertiary alicyclic amines) is 2. The zero-order valence-electron chi connectivity index (χ0n) is 12.2. The van der Waals surface area contributed by atoms with Crippen LogP contribution in [0.1, 0.15) is 30.7 Å². The predicted octanol–water partition coefficient (Wildman–Crippen LogP) is 1.74. The molecule has 0 bridgehead atoms. The van der Waals surface area contributed by atoms with Gasteiger partial charge in [-0.2, -0.15) is 0 Å². The summed E-state index contributed by atoms with van der Waals surface area (Å²) in [6, 6.07) is 4.07. The number of hydrogen-bond acceptors (Lipinski definition) is 3. The van der Waals surface area contributed by atoms with Crippen molar-refractivity contribution in [3.63, 3.8) is 0 Å². The summed E-state index contributed by atoms with van der Waals surface area (Å²) in [4.78, 5) is 21.4. The maximum absolute atomic E-state index is 12.8. The Labute approximate surface area is 120 Å². The van der Waals surface area contributed by atoms with E-state index in [9.17, 15) is 4.79 Å². The molecule has 1 unspecified atom stereocenters. The van der Waals surface area contributed by atoms with E-state index < -0.39 is 0 Å². The van der Waals surface area contributed by atoms with Crippen molar-refractivity contribution in [2.75, 3.05) is 33.2 Å². The molecule has 4 nitrogen and oxygen atoms in total. The van der Waals surface area contributed by atoms with Crippen LogP contribution in [0.3, 0.4) is 0 Å². The highest BCUT2D eigenvalue weighted by Crippen LogP contribution is 2.33. The van der Waals surface area contributed by atoms with Gasteiger partial charge in [0.25, 0.3) is 0 Å². The smallest absolute Gasteiger partial charge is 0.227 e. The first-order chi connectivity index (χ1) is 9.75. The number of aromatic nitrogens is 1. The maximum Gasteiger partial charge on any atom is 0.227 e. The average molecular weight is 273 g/mol. The number of hydrogen-bond donors (Lipinski definition) is 0. The van der Waals surface area contributed by atoms with Crippen LogP contribution in [0.25, 0.3) is 0 Å². The molecule has 2 fully saturated rings. The minimum absolute atomic E-state index is 0.0994. The van der Waals surface area contributed by atoms with Crippen molar-refractivity contribution in [2.45, 2.75) is 25.2 Å². The average Bonchev–Trinajstić information content (AvgIpc) is 2.90. The molecule has 20 heavy (non-hydrogen) atoms. The third kappa shape index (κ3) is 2.70. The Bertz CT molecular complexity index is 456. The summed E-state index contributed by atoms with van der Waals surface area (Å²) < 4.78 is 0. The highest BCUT2D eigenvalue weighted by atomic mass is 16.2. The standard InChI is InChI=1S/C16H23N3O/c1-18-11-14(13-6-5-7-17-10-13)15(12-18)16(20)19-8-3-2-4-9-19/h5-7,10,14-15H,2-4,8-9,11-12H2,1H3/t14-,15?/m1/s1. The first-order valence-corrected chi connectivity index (χ1v) is 7.63. The SMILES string of the molecule is CN1CC(C(=O)N2CCCCC2)[C@@H](c2cccnc2)C1. The van der Waals surface area contributed by atoms with Crippen molar-refractivity contribution in [2.24, 2.45) is 5.92 Å². The van der Waals surface area contributed by atoms with Gasteiger partial charge in [0, 0.05) is 44.5 Å². The molecule has 2 aliphatic rings. The zero-order valence-corrected chi connectivity index (χ0v) is 12.2. The number of piperidine rings is 1. The minimum Gasteiger partial charge on any atom is -0.342 e. The molecule has 2 saturated heterocycles. The van der Waals surface area contributed by atoms with Gasteiger partial charge in [-0.3, -0.25) is 9.78 Å². The van der Waals surface area contributed by atoms with Crippen molar-refractivity contribution in [3.05, 3.63) is 30.1 Å². The lowest BCUT2D eigenvalue weighted by Crippen LogP contribution is -2.41. The molecule has 0 spiro atoms. The quantitative estimate of drug-likeness (QED) is 0.823. The second-order valence-corrected chi connectivity index (χ2v) is 6.11. The number of rotatable bonds is 2. The summed E-state index contributed by atoms with van der Waals surface area (Å²) in [6.07, 6.45) is 7.29. The summed E-state index contributed by atoms with van der Waals surface area (Å²) in [5.41, 5.74) is 1.20. The summed E-state index contributed by atoms with van der Waals surface area (Å²) in [5.74, 6) is 0.744. The Balaban J connectivity index is 1.77. The predicted molar refractivity (Wildman–Crippen MR) is 78.4 cm³/mol. The van der Waals surface area contributed by atoms with Gasteiger partial charge in [-0.15, -0.1) is 0 Å². The molecule has 0 aliphatic carbocycles. The minimum atomic E-state index is 0.0994. The van der Waals surface area contributed by atoms with Crippen LogP contribution in [0.2, 0.25) is 0 Å². The molecule has 1 amide bonds. The Kier molecular flexibility index (Phi) is 4.01. The van der Waals surface area contributed by atoms with Gasteiger partial charge in [-0.25, -0.2) is 0 Å². The van der Waals surface area contributed by atoms with E-state index >= 15 is 0 Å². The molecule has 0 saturated carbocycles.